The Labute approximate surface area is 81.7 Å². The highest BCUT2D eigenvalue weighted by Crippen LogP contribution is 2.03. The van der Waals surface area contributed by atoms with Crippen LogP contribution in [0.2, 0.25) is 0 Å². The third kappa shape index (κ3) is 8.41. The minimum absolute atomic E-state index is 0.687. The number of nitrogens with one attached hydrogen (secondary N) is 1. The van der Waals surface area contributed by atoms with Crippen LogP contribution in [0.3, 0.4) is 0 Å². The summed E-state index contributed by atoms with van der Waals surface area (Å²) < 4.78 is 0. The van der Waals surface area contributed by atoms with Gasteiger partial charge in [0.2, 0.25) is 0 Å². The van der Waals surface area contributed by atoms with Gasteiger partial charge in [-0.3, -0.25) is 0 Å². The molecule has 0 aliphatic carbocycles. The molecule has 0 radical (unpaired) electrons. The van der Waals surface area contributed by atoms with Crippen LogP contribution in [0.5, 0.6) is 0 Å². The van der Waals surface area contributed by atoms with Gasteiger partial charge in [0.1, 0.15) is 0 Å². The van der Waals surface area contributed by atoms with Crippen molar-refractivity contribution in [2.45, 2.75) is 39.7 Å². The predicted octanol–water partition coefficient (Wildman–Crippen LogP) is 2.76. The molecule has 1 N–H and O–H groups in total. The minimum atomic E-state index is 0.687. The van der Waals surface area contributed by atoms with E-state index >= 15 is 0 Å². The molecule has 0 fully saturated rings. The molecule has 0 aromatic carbocycles. The molecular formula is C10H23NS. The van der Waals surface area contributed by atoms with E-state index in [1.165, 1.54) is 25.1 Å². The normalized spacial score (nSPS) is 13.8. The van der Waals surface area contributed by atoms with Crippen molar-refractivity contribution in [3.8, 4) is 0 Å². The summed E-state index contributed by atoms with van der Waals surface area (Å²) >= 11 is 1.93. The Kier molecular flexibility index (Phi) is 8.14. The molecule has 0 unspecified atom stereocenters. The molecule has 74 valence electrons. The van der Waals surface area contributed by atoms with Gasteiger partial charge in [-0.2, -0.15) is 11.8 Å². The van der Waals surface area contributed by atoms with E-state index in [1.807, 2.05) is 11.8 Å². The Morgan fingerprint density at radius 2 is 1.92 bits per heavy atom. The van der Waals surface area contributed by atoms with Crippen LogP contribution in [-0.4, -0.2) is 24.6 Å². The first-order valence-corrected chi connectivity index (χ1v) is 6.28. The highest BCUT2D eigenvalue weighted by atomic mass is 32.2. The topological polar surface area (TPSA) is 12.0 Å². The lowest BCUT2D eigenvalue weighted by Gasteiger charge is -2.15. The summed E-state index contributed by atoms with van der Waals surface area (Å²) in [6, 6.07) is 0.687. The quantitative estimate of drug-likeness (QED) is 0.618. The van der Waals surface area contributed by atoms with E-state index in [1.54, 1.807) is 0 Å². The van der Waals surface area contributed by atoms with Crippen molar-refractivity contribution in [1.82, 2.24) is 5.32 Å². The molecule has 0 aliphatic heterocycles. The van der Waals surface area contributed by atoms with Crippen molar-refractivity contribution in [2.24, 2.45) is 5.92 Å². The molecule has 0 amide bonds. The molecule has 0 rings (SSSR count). The molecule has 0 aromatic rings. The van der Waals surface area contributed by atoms with Crippen LogP contribution >= 0.6 is 11.8 Å². The van der Waals surface area contributed by atoms with E-state index in [0.29, 0.717) is 6.04 Å². The summed E-state index contributed by atoms with van der Waals surface area (Å²) in [5, 5.41) is 3.54. The molecule has 0 saturated heterocycles. The minimum Gasteiger partial charge on any atom is -0.314 e. The van der Waals surface area contributed by atoms with Crippen LogP contribution < -0.4 is 5.32 Å². The molecule has 0 heterocycles. The second kappa shape index (κ2) is 7.93. The van der Waals surface area contributed by atoms with Crippen molar-refractivity contribution < 1.29 is 0 Å². The van der Waals surface area contributed by atoms with E-state index in [9.17, 15) is 0 Å². The number of rotatable bonds is 7. The number of thioether (sulfide) groups is 1. The van der Waals surface area contributed by atoms with Gasteiger partial charge < -0.3 is 5.32 Å². The van der Waals surface area contributed by atoms with Crippen molar-refractivity contribution in [3.63, 3.8) is 0 Å². The second-order valence-corrected chi connectivity index (χ2v) is 4.82. The first kappa shape index (κ1) is 12.3. The maximum Gasteiger partial charge on any atom is 0.00411 e. The average molecular weight is 189 g/mol. The van der Waals surface area contributed by atoms with Crippen LogP contribution in [0.15, 0.2) is 0 Å². The van der Waals surface area contributed by atoms with Gasteiger partial charge in [-0.05, 0) is 44.2 Å². The first-order valence-electron chi connectivity index (χ1n) is 4.89. The maximum absolute atomic E-state index is 3.54. The Bertz CT molecular complexity index is 93.8. The second-order valence-electron chi connectivity index (χ2n) is 3.83. The van der Waals surface area contributed by atoms with E-state index < -0.39 is 0 Å². The summed E-state index contributed by atoms with van der Waals surface area (Å²) in [6.07, 6.45) is 4.75. The zero-order valence-electron chi connectivity index (χ0n) is 8.89. The molecular weight excluding hydrogens is 166 g/mol. The van der Waals surface area contributed by atoms with Crippen LogP contribution in [0.25, 0.3) is 0 Å². The van der Waals surface area contributed by atoms with E-state index in [2.05, 4.69) is 32.3 Å². The van der Waals surface area contributed by atoms with Crippen LogP contribution in [-0.2, 0) is 0 Å². The molecule has 0 aromatic heterocycles. The van der Waals surface area contributed by atoms with Gasteiger partial charge in [0.05, 0.1) is 0 Å². The molecule has 0 spiro atoms. The SMILES string of the molecule is CSCCCN[C@@H](C)CC(C)C. The number of hydrogen-bond acceptors (Lipinski definition) is 2. The summed E-state index contributed by atoms with van der Waals surface area (Å²) in [5.74, 6) is 2.09. The van der Waals surface area contributed by atoms with Gasteiger partial charge in [-0.1, -0.05) is 13.8 Å². The molecule has 0 saturated carbocycles. The van der Waals surface area contributed by atoms with E-state index in [4.69, 9.17) is 0 Å². The van der Waals surface area contributed by atoms with Gasteiger partial charge >= 0.3 is 0 Å². The van der Waals surface area contributed by atoms with E-state index in [-0.39, 0.29) is 0 Å². The fourth-order valence-corrected chi connectivity index (χ4v) is 1.79. The zero-order valence-corrected chi connectivity index (χ0v) is 9.71. The Morgan fingerprint density at radius 1 is 1.25 bits per heavy atom. The maximum atomic E-state index is 3.54. The van der Waals surface area contributed by atoms with E-state index in [0.717, 1.165) is 5.92 Å². The summed E-state index contributed by atoms with van der Waals surface area (Å²) in [7, 11) is 0. The van der Waals surface area contributed by atoms with Crippen molar-refractivity contribution in [1.29, 1.82) is 0 Å². The van der Waals surface area contributed by atoms with Gasteiger partial charge in [0.25, 0.3) is 0 Å². The van der Waals surface area contributed by atoms with Crippen molar-refractivity contribution in [2.75, 3.05) is 18.6 Å². The summed E-state index contributed by atoms with van der Waals surface area (Å²) in [5.41, 5.74) is 0. The Hall–Kier alpha value is 0.310. The van der Waals surface area contributed by atoms with Gasteiger partial charge in [0, 0.05) is 6.04 Å². The zero-order chi connectivity index (χ0) is 9.40. The fraction of sp³-hybridized carbons (Fsp3) is 1.00. The van der Waals surface area contributed by atoms with Crippen LogP contribution in [0.1, 0.15) is 33.6 Å². The summed E-state index contributed by atoms with van der Waals surface area (Å²) in [4.78, 5) is 0. The van der Waals surface area contributed by atoms with Crippen molar-refractivity contribution >= 4 is 11.8 Å². The number of hydrogen-bond donors (Lipinski definition) is 1. The lowest BCUT2D eigenvalue weighted by atomic mass is 10.1. The largest absolute Gasteiger partial charge is 0.314 e. The smallest absolute Gasteiger partial charge is 0.00411 e. The molecule has 0 aliphatic rings. The van der Waals surface area contributed by atoms with Crippen LogP contribution in [0.4, 0.5) is 0 Å². The predicted molar refractivity (Wildman–Crippen MR) is 59.9 cm³/mol. The van der Waals surface area contributed by atoms with Gasteiger partial charge in [-0.25, -0.2) is 0 Å². The lowest BCUT2D eigenvalue weighted by Crippen LogP contribution is -2.28. The molecule has 12 heavy (non-hydrogen) atoms. The highest BCUT2D eigenvalue weighted by Gasteiger charge is 2.02. The Morgan fingerprint density at radius 3 is 2.42 bits per heavy atom. The fourth-order valence-electron chi connectivity index (χ4n) is 1.36. The molecule has 1 atom stereocenters. The first-order chi connectivity index (χ1) is 5.66. The monoisotopic (exact) mass is 189 g/mol. The third-order valence-electron chi connectivity index (χ3n) is 1.84. The standard InChI is InChI=1S/C10H23NS/c1-9(2)8-10(3)11-6-5-7-12-4/h9-11H,5-8H2,1-4H3/t10-/m0/s1. The third-order valence-corrected chi connectivity index (χ3v) is 2.54. The average Bonchev–Trinajstić information content (AvgIpc) is 1.97. The molecule has 2 heteroatoms. The summed E-state index contributed by atoms with van der Waals surface area (Å²) in [6.45, 7) is 8.01. The van der Waals surface area contributed by atoms with Crippen molar-refractivity contribution in [3.05, 3.63) is 0 Å². The Balaban J connectivity index is 3.14. The lowest BCUT2D eigenvalue weighted by molar-refractivity contribution is 0.443. The van der Waals surface area contributed by atoms with Crippen LogP contribution in [0, 0.1) is 5.92 Å². The molecule has 0 bridgehead atoms. The van der Waals surface area contributed by atoms with Gasteiger partial charge in [-0.15, -0.1) is 0 Å². The highest BCUT2D eigenvalue weighted by molar-refractivity contribution is 7.98. The van der Waals surface area contributed by atoms with Gasteiger partial charge in [0.15, 0.2) is 0 Å². The molecule has 1 nitrogen and oxygen atoms in total.